The van der Waals surface area contributed by atoms with Crippen LogP contribution in [0.4, 0.5) is 0 Å². The van der Waals surface area contributed by atoms with E-state index >= 15 is 0 Å². The summed E-state index contributed by atoms with van der Waals surface area (Å²) in [5.41, 5.74) is 0.239. The van der Waals surface area contributed by atoms with Gasteiger partial charge in [-0.1, -0.05) is 5.57 Å². The van der Waals surface area contributed by atoms with Crippen LogP contribution in [0.3, 0.4) is 0 Å². The minimum Gasteiger partial charge on any atom is -0.464 e. The summed E-state index contributed by atoms with van der Waals surface area (Å²) in [5, 5.41) is 0. The van der Waals surface area contributed by atoms with Crippen molar-refractivity contribution < 1.29 is 13.9 Å². The van der Waals surface area contributed by atoms with Gasteiger partial charge in [-0.05, 0) is 26.0 Å². The molecule has 1 rings (SSSR count). The van der Waals surface area contributed by atoms with Gasteiger partial charge in [0, 0.05) is 6.08 Å². The lowest BCUT2D eigenvalue weighted by atomic mass is 10.3. The van der Waals surface area contributed by atoms with Crippen molar-refractivity contribution in [2.75, 3.05) is 0 Å². The van der Waals surface area contributed by atoms with Crippen LogP contribution in [-0.2, 0) is 9.53 Å². The Hall–Kier alpha value is -1.16. The molecule has 1 aromatic heterocycles. The van der Waals surface area contributed by atoms with Gasteiger partial charge in [0.1, 0.15) is 0 Å². The highest BCUT2D eigenvalue weighted by atomic mass is 32.1. The standard InChI is InChI=1S/C10H12O3S/c1-7(2)6-9(11)13-10(14)8-4-3-5-12-8/h3-6,10,14H,1-2H3. The van der Waals surface area contributed by atoms with Crippen molar-refractivity contribution in [3.05, 3.63) is 35.8 Å². The van der Waals surface area contributed by atoms with Gasteiger partial charge >= 0.3 is 5.97 Å². The van der Waals surface area contributed by atoms with Gasteiger partial charge < -0.3 is 9.15 Å². The molecule has 0 amide bonds. The Bertz CT molecular complexity index is 323. The fourth-order valence-electron chi connectivity index (χ4n) is 0.870. The summed E-state index contributed by atoms with van der Waals surface area (Å²) in [4.78, 5) is 11.2. The minimum atomic E-state index is -0.645. The Kier molecular flexibility index (Phi) is 3.83. The zero-order chi connectivity index (χ0) is 10.6. The third-order valence-corrected chi connectivity index (χ3v) is 1.78. The minimum absolute atomic E-state index is 0.415. The molecule has 0 saturated carbocycles. The van der Waals surface area contributed by atoms with Gasteiger partial charge in [-0.2, -0.15) is 0 Å². The molecule has 4 heteroatoms. The number of thiol groups is 1. The lowest BCUT2D eigenvalue weighted by Crippen LogP contribution is -2.03. The molecule has 1 heterocycles. The summed E-state index contributed by atoms with van der Waals surface area (Å²) in [6, 6.07) is 3.42. The first-order valence-electron chi connectivity index (χ1n) is 4.16. The largest absolute Gasteiger partial charge is 0.464 e. The van der Waals surface area contributed by atoms with E-state index in [2.05, 4.69) is 12.6 Å². The summed E-state index contributed by atoms with van der Waals surface area (Å²) in [7, 11) is 0. The number of furan rings is 1. The molecule has 1 atom stereocenters. The lowest BCUT2D eigenvalue weighted by molar-refractivity contribution is -0.139. The molecular weight excluding hydrogens is 200 g/mol. The van der Waals surface area contributed by atoms with E-state index in [1.807, 2.05) is 13.8 Å². The molecule has 76 valence electrons. The SMILES string of the molecule is CC(C)=CC(=O)OC(S)c1ccco1. The number of carbonyl (C=O) groups excluding carboxylic acids is 1. The van der Waals surface area contributed by atoms with Crippen LogP contribution in [0.25, 0.3) is 0 Å². The summed E-state index contributed by atoms with van der Waals surface area (Å²) < 4.78 is 9.99. The van der Waals surface area contributed by atoms with E-state index in [4.69, 9.17) is 9.15 Å². The van der Waals surface area contributed by atoms with Gasteiger partial charge in [-0.15, -0.1) is 12.6 Å². The smallest absolute Gasteiger partial charge is 0.332 e. The molecular formula is C10H12O3S. The zero-order valence-corrected chi connectivity index (χ0v) is 8.95. The summed E-state index contributed by atoms with van der Waals surface area (Å²) in [6.45, 7) is 3.64. The van der Waals surface area contributed by atoms with Gasteiger partial charge in [-0.25, -0.2) is 4.79 Å². The lowest BCUT2D eigenvalue weighted by Gasteiger charge is -2.07. The van der Waals surface area contributed by atoms with Crippen LogP contribution in [0, 0.1) is 0 Å². The van der Waals surface area contributed by atoms with Crippen molar-refractivity contribution in [3.8, 4) is 0 Å². The molecule has 0 fully saturated rings. The van der Waals surface area contributed by atoms with Crippen LogP contribution in [0.5, 0.6) is 0 Å². The third kappa shape index (κ3) is 3.30. The van der Waals surface area contributed by atoms with E-state index in [-0.39, 0.29) is 0 Å². The van der Waals surface area contributed by atoms with E-state index in [1.165, 1.54) is 12.3 Å². The highest BCUT2D eigenvalue weighted by molar-refractivity contribution is 7.80. The predicted molar refractivity (Wildman–Crippen MR) is 56.0 cm³/mol. The first kappa shape index (κ1) is 10.9. The third-order valence-electron chi connectivity index (χ3n) is 1.42. The number of ether oxygens (including phenoxy) is 1. The molecule has 3 nitrogen and oxygen atoms in total. The maximum Gasteiger partial charge on any atom is 0.332 e. The van der Waals surface area contributed by atoms with E-state index in [0.29, 0.717) is 5.76 Å². The van der Waals surface area contributed by atoms with E-state index in [1.54, 1.807) is 12.1 Å². The normalized spacial score (nSPS) is 11.9. The average Bonchev–Trinajstić information content (AvgIpc) is 2.53. The molecule has 1 unspecified atom stereocenters. The second-order valence-corrected chi connectivity index (χ2v) is 3.50. The second-order valence-electron chi connectivity index (χ2n) is 3.03. The van der Waals surface area contributed by atoms with Crippen molar-refractivity contribution >= 4 is 18.6 Å². The molecule has 0 spiro atoms. The maximum atomic E-state index is 11.2. The van der Waals surface area contributed by atoms with Crippen LogP contribution < -0.4 is 0 Å². The van der Waals surface area contributed by atoms with Crippen LogP contribution in [0.1, 0.15) is 25.0 Å². The molecule has 0 aromatic carbocycles. The van der Waals surface area contributed by atoms with E-state index in [0.717, 1.165) is 5.57 Å². The molecule has 14 heavy (non-hydrogen) atoms. The predicted octanol–water partition coefficient (Wildman–Crippen LogP) is 2.72. The van der Waals surface area contributed by atoms with E-state index in [9.17, 15) is 4.79 Å². The molecule has 0 aliphatic carbocycles. The average molecular weight is 212 g/mol. The molecule has 0 radical (unpaired) electrons. The molecule has 0 bridgehead atoms. The van der Waals surface area contributed by atoms with Crippen molar-refractivity contribution in [1.82, 2.24) is 0 Å². The monoisotopic (exact) mass is 212 g/mol. The van der Waals surface area contributed by atoms with Crippen molar-refractivity contribution in [1.29, 1.82) is 0 Å². The number of rotatable bonds is 3. The number of hydrogen-bond acceptors (Lipinski definition) is 4. The van der Waals surface area contributed by atoms with Gasteiger partial charge in [0.25, 0.3) is 0 Å². The summed E-state index contributed by atoms with van der Waals surface area (Å²) in [6.07, 6.45) is 2.92. The fraction of sp³-hybridized carbons (Fsp3) is 0.300. The molecule has 0 aliphatic heterocycles. The quantitative estimate of drug-likeness (QED) is 0.362. The zero-order valence-electron chi connectivity index (χ0n) is 8.06. The highest BCUT2D eigenvalue weighted by Crippen LogP contribution is 2.21. The number of hydrogen-bond donors (Lipinski definition) is 1. The molecule has 0 N–H and O–H groups in total. The Morgan fingerprint density at radius 2 is 2.36 bits per heavy atom. The number of esters is 1. The van der Waals surface area contributed by atoms with Crippen LogP contribution in [0.2, 0.25) is 0 Å². The van der Waals surface area contributed by atoms with Crippen LogP contribution in [-0.4, -0.2) is 5.97 Å². The Morgan fingerprint density at radius 1 is 1.64 bits per heavy atom. The molecule has 1 aromatic rings. The van der Waals surface area contributed by atoms with Crippen LogP contribution >= 0.6 is 12.6 Å². The van der Waals surface area contributed by atoms with Crippen LogP contribution in [0.15, 0.2) is 34.5 Å². The van der Waals surface area contributed by atoms with Crippen molar-refractivity contribution in [3.63, 3.8) is 0 Å². The van der Waals surface area contributed by atoms with Gasteiger partial charge in [0.05, 0.1) is 6.26 Å². The van der Waals surface area contributed by atoms with Gasteiger partial charge in [0.2, 0.25) is 5.44 Å². The molecule has 0 aliphatic rings. The molecule has 0 saturated heterocycles. The van der Waals surface area contributed by atoms with Gasteiger partial charge in [-0.3, -0.25) is 0 Å². The summed E-state index contributed by atoms with van der Waals surface area (Å²) >= 11 is 4.08. The number of allylic oxidation sites excluding steroid dienone is 1. The first-order chi connectivity index (χ1) is 6.59. The van der Waals surface area contributed by atoms with Gasteiger partial charge in [0.15, 0.2) is 5.76 Å². The van der Waals surface area contributed by atoms with Crippen molar-refractivity contribution in [2.24, 2.45) is 0 Å². The highest BCUT2D eigenvalue weighted by Gasteiger charge is 2.12. The fourth-order valence-corrected chi connectivity index (χ4v) is 1.12. The second kappa shape index (κ2) is 4.91. The Balaban J connectivity index is 2.54. The Morgan fingerprint density at radius 3 is 2.86 bits per heavy atom. The van der Waals surface area contributed by atoms with Crippen molar-refractivity contribution in [2.45, 2.75) is 19.3 Å². The van der Waals surface area contributed by atoms with E-state index < -0.39 is 11.4 Å². The summed E-state index contributed by atoms with van der Waals surface area (Å²) in [5.74, 6) is 0.102. The first-order valence-corrected chi connectivity index (χ1v) is 4.68. The maximum absolute atomic E-state index is 11.2. The Labute approximate surface area is 88.2 Å². The topological polar surface area (TPSA) is 39.4 Å². The number of carbonyl (C=O) groups is 1.